The van der Waals surface area contributed by atoms with E-state index in [-0.39, 0.29) is 4.88 Å². The zero-order valence-electron chi connectivity index (χ0n) is 15.0. The first-order valence-corrected chi connectivity index (χ1v) is 9.89. The molecule has 5 heteroatoms. The molecule has 0 amide bonds. The Hall–Kier alpha value is -1.75. The lowest BCUT2D eigenvalue weighted by molar-refractivity contribution is 0.0698. The number of aromatic carboxylic acids is 1. The van der Waals surface area contributed by atoms with Crippen LogP contribution in [0.25, 0.3) is 10.1 Å². The maximum Gasteiger partial charge on any atom is 0.349 e. The highest BCUT2D eigenvalue weighted by atomic mass is 32.1. The molecular weight excluding hydrogens is 336 g/mol. The molecule has 0 unspecified atom stereocenters. The van der Waals surface area contributed by atoms with Crippen molar-refractivity contribution in [3.8, 4) is 11.5 Å². The van der Waals surface area contributed by atoms with Crippen LogP contribution >= 0.6 is 11.3 Å². The van der Waals surface area contributed by atoms with Gasteiger partial charge in [0, 0.05) is 10.1 Å². The predicted molar refractivity (Wildman–Crippen MR) is 101 cm³/mol. The standard InChI is InChI=1S/C20H26O4S/c1-13-11-17-15(12-16(13)23-2)18(19(25-17)20(21)22)24-10-6-9-14-7-4-3-5-8-14/h11-12,14H,3-10H2,1-2H3,(H,21,22). The summed E-state index contributed by atoms with van der Waals surface area (Å²) in [4.78, 5) is 11.9. The first-order chi connectivity index (χ1) is 12.1. The molecule has 1 N–H and O–H groups in total. The Kier molecular flexibility index (Phi) is 5.84. The van der Waals surface area contributed by atoms with Gasteiger partial charge in [-0.3, -0.25) is 0 Å². The molecule has 1 aliphatic carbocycles. The van der Waals surface area contributed by atoms with E-state index >= 15 is 0 Å². The van der Waals surface area contributed by atoms with Gasteiger partial charge in [-0.25, -0.2) is 4.79 Å². The Morgan fingerprint density at radius 3 is 2.72 bits per heavy atom. The van der Waals surface area contributed by atoms with Gasteiger partial charge in [-0.15, -0.1) is 11.3 Å². The zero-order valence-corrected chi connectivity index (χ0v) is 15.8. The number of hydrogen-bond acceptors (Lipinski definition) is 4. The number of rotatable bonds is 7. The molecule has 25 heavy (non-hydrogen) atoms. The molecule has 3 rings (SSSR count). The van der Waals surface area contributed by atoms with Crippen LogP contribution < -0.4 is 9.47 Å². The average molecular weight is 362 g/mol. The lowest BCUT2D eigenvalue weighted by Gasteiger charge is -2.21. The molecule has 4 nitrogen and oxygen atoms in total. The van der Waals surface area contributed by atoms with Crippen LogP contribution in [0, 0.1) is 12.8 Å². The number of fused-ring (bicyclic) bond motifs is 1. The second-order valence-electron chi connectivity index (χ2n) is 6.88. The van der Waals surface area contributed by atoms with Gasteiger partial charge in [0.1, 0.15) is 5.75 Å². The molecule has 136 valence electrons. The fourth-order valence-corrected chi connectivity index (χ4v) is 4.79. The van der Waals surface area contributed by atoms with Crippen molar-refractivity contribution < 1.29 is 19.4 Å². The third-order valence-corrected chi connectivity index (χ3v) is 6.20. The summed E-state index contributed by atoms with van der Waals surface area (Å²) in [5, 5.41) is 10.4. The number of hydrogen-bond donors (Lipinski definition) is 1. The van der Waals surface area contributed by atoms with E-state index < -0.39 is 5.97 Å². The molecule has 1 saturated carbocycles. The third-order valence-electron chi connectivity index (χ3n) is 5.08. The van der Waals surface area contributed by atoms with Gasteiger partial charge in [-0.05, 0) is 43.4 Å². The smallest absolute Gasteiger partial charge is 0.349 e. The first-order valence-electron chi connectivity index (χ1n) is 9.07. The van der Waals surface area contributed by atoms with Crippen molar-refractivity contribution in [3.05, 3.63) is 22.6 Å². The number of thiophene rings is 1. The van der Waals surface area contributed by atoms with Crippen molar-refractivity contribution in [2.24, 2.45) is 5.92 Å². The summed E-state index contributed by atoms with van der Waals surface area (Å²) in [5.74, 6) is 1.14. The van der Waals surface area contributed by atoms with Gasteiger partial charge in [0.2, 0.25) is 0 Å². The minimum atomic E-state index is -0.930. The van der Waals surface area contributed by atoms with Gasteiger partial charge in [-0.2, -0.15) is 0 Å². The monoisotopic (exact) mass is 362 g/mol. The molecule has 1 aliphatic rings. The molecule has 1 aromatic carbocycles. The van der Waals surface area contributed by atoms with E-state index in [1.54, 1.807) is 7.11 Å². The average Bonchev–Trinajstić information content (AvgIpc) is 2.96. The molecule has 0 saturated heterocycles. The fraction of sp³-hybridized carbons (Fsp3) is 0.550. The summed E-state index contributed by atoms with van der Waals surface area (Å²) in [6.45, 7) is 2.53. The van der Waals surface area contributed by atoms with Crippen molar-refractivity contribution >= 4 is 27.4 Å². The van der Waals surface area contributed by atoms with E-state index in [4.69, 9.17) is 9.47 Å². The number of methoxy groups -OCH3 is 1. The quantitative estimate of drug-likeness (QED) is 0.646. The van der Waals surface area contributed by atoms with Crippen LogP contribution in [0.4, 0.5) is 0 Å². The molecule has 0 radical (unpaired) electrons. The number of carboxylic acid groups (broad SMARTS) is 1. The minimum Gasteiger partial charge on any atom is -0.496 e. The van der Waals surface area contributed by atoms with E-state index in [0.29, 0.717) is 12.4 Å². The van der Waals surface area contributed by atoms with E-state index in [1.807, 2.05) is 19.1 Å². The maximum atomic E-state index is 11.6. The lowest BCUT2D eigenvalue weighted by atomic mass is 9.86. The van der Waals surface area contributed by atoms with E-state index in [9.17, 15) is 9.90 Å². The van der Waals surface area contributed by atoms with Crippen LogP contribution in [0.1, 0.15) is 60.2 Å². The van der Waals surface area contributed by atoms with Crippen molar-refractivity contribution in [2.45, 2.75) is 51.9 Å². The van der Waals surface area contributed by atoms with Crippen molar-refractivity contribution in [1.29, 1.82) is 0 Å². The predicted octanol–water partition coefficient (Wildman–Crippen LogP) is 5.66. The Morgan fingerprint density at radius 2 is 2.04 bits per heavy atom. The summed E-state index contributed by atoms with van der Waals surface area (Å²) in [7, 11) is 1.63. The number of carbonyl (C=O) groups is 1. The highest BCUT2D eigenvalue weighted by Crippen LogP contribution is 2.41. The molecular formula is C20H26O4S. The summed E-state index contributed by atoms with van der Waals surface area (Å²) in [6.07, 6.45) is 8.89. The molecule has 0 aliphatic heterocycles. The fourth-order valence-electron chi connectivity index (χ4n) is 3.73. The zero-order chi connectivity index (χ0) is 17.8. The Balaban J connectivity index is 1.74. The summed E-state index contributed by atoms with van der Waals surface area (Å²) in [5.41, 5.74) is 0.997. The molecule has 1 fully saturated rings. The van der Waals surface area contributed by atoms with Gasteiger partial charge >= 0.3 is 5.97 Å². The number of aryl methyl sites for hydroxylation is 1. The topological polar surface area (TPSA) is 55.8 Å². The normalized spacial score (nSPS) is 15.4. The summed E-state index contributed by atoms with van der Waals surface area (Å²) < 4.78 is 12.3. The molecule has 2 aromatic rings. The molecule has 0 spiro atoms. The Morgan fingerprint density at radius 1 is 1.28 bits per heavy atom. The van der Waals surface area contributed by atoms with Crippen LogP contribution in [0.15, 0.2) is 12.1 Å². The van der Waals surface area contributed by atoms with Crippen LogP contribution in [0.5, 0.6) is 11.5 Å². The van der Waals surface area contributed by atoms with Crippen LogP contribution in [0.2, 0.25) is 0 Å². The second kappa shape index (κ2) is 8.09. The van der Waals surface area contributed by atoms with Crippen LogP contribution in [-0.4, -0.2) is 24.8 Å². The van der Waals surface area contributed by atoms with Gasteiger partial charge in [-0.1, -0.05) is 32.1 Å². The van der Waals surface area contributed by atoms with E-state index in [0.717, 1.165) is 33.7 Å². The van der Waals surface area contributed by atoms with Gasteiger partial charge in [0.05, 0.1) is 13.7 Å². The third kappa shape index (κ3) is 4.09. The highest BCUT2D eigenvalue weighted by Gasteiger charge is 2.21. The molecule has 0 atom stereocenters. The van der Waals surface area contributed by atoms with Crippen LogP contribution in [0.3, 0.4) is 0 Å². The van der Waals surface area contributed by atoms with Gasteiger partial charge in [0.25, 0.3) is 0 Å². The lowest BCUT2D eigenvalue weighted by Crippen LogP contribution is -2.08. The van der Waals surface area contributed by atoms with E-state index in [1.165, 1.54) is 49.9 Å². The van der Waals surface area contributed by atoms with Crippen LogP contribution in [-0.2, 0) is 0 Å². The Bertz CT molecular complexity index is 744. The second-order valence-corrected chi connectivity index (χ2v) is 7.93. The Labute approximate surface area is 152 Å². The molecule has 0 bridgehead atoms. The highest BCUT2D eigenvalue weighted by molar-refractivity contribution is 7.21. The number of carboxylic acids is 1. The SMILES string of the molecule is COc1cc2c(OCCCC3CCCCC3)c(C(=O)O)sc2cc1C. The number of ether oxygens (including phenoxy) is 2. The first kappa shape index (κ1) is 18.1. The molecule has 1 heterocycles. The largest absolute Gasteiger partial charge is 0.496 e. The van der Waals surface area contributed by atoms with Crippen molar-refractivity contribution in [1.82, 2.24) is 0 Å². The van der Waals surface area contributed by atoms with Gasteiger partial charge < -0.3 is 14.6 Å². The minimum absolute atomic E-state index is 0.278. The summed E-state index contributed by atoms with van der Waals surface area (Å²) >= 11 is 1.27. The van der Waals surface area contributed by atoms with Gasteiger partial charge in [0.15, 0.2) is 10.6 Å². The van der Waals surface area contributed by atoms with E-state index in [2.05, 4.69) is 0 Å². The van der Waals surface area contributed by atoms with Crippen molar-refractivity contribution in [2.75, 3.05) is 13.7 Å². The van der Waals surface area contributed by atoms with Crippen molar-refractivity contribution in [3.63, 3.8) is 0 Å². The maximum absolute atomic E-state index is 11.6. The summed E-state index contributed by atoms with van der Waals surface area (Å²) in [6, 6.07) is 3.87. The number of benzene rings is 1. The molecule has 1 aromatic heterocycles.